The minimum atomic E-state index is 0.324. The highest BCUT2D eigenvalue weighted by Crippen LogP contribution is 2.32. The Balaban J connectivity index is 2.17. The number of nitrogens with two attached hydrogens (primary N) is 1. The Morgan fingerprint density at radius 3 is 2.95 bits per heavy atom. The Bertz CT molecular complexity index is 469. The van der Waals surface area contributed by atoms with Crippen LogP contribution < -0.4 is 16.2 Å². The third-order valence-electron chi connectivity index (χ3n) is 3.50. The van der Waals surface area contributed by atoms with Crippen molar-refractivity contribution >= 4 is 23.4 Å². The number of hydrogen-bond acceptors (Lipinski definition) is 7. The summed E-state index contributed by atoms with van der Waals surface area (Å²) >= 11 is 2.02. The highest BCUT2D eigenvalue weighted by molar-refractivity contribution is 8.00. The van der Waals surface area contributed by atoms with E-state index in [0.717, 1.165) is 31.1 Å². The number of anilines is 2. The van der Waals surface area contributed by atoms with Crippen molar-refractivity contribution < 1.29 is 4.74 Å². The van der Waals surface area contributed by atoms with Crippen molar-refractivity contribution in [1.29, 1.82) is 0 Å². The minimum absolute atomic E-state index is 0.324. The van der Waals surface area contributed by atoms with Crippen LogP contribution in [0.1, 0.15) is 33.0 Å². The second kappa shape index (κ2) is 7.29. The molecule has 1 aliphatic heterocycles. The van der Waals surface area contributed by atoms with Crippen LogP contribution >= 0.6 is 11.8 Å². The molecule has 2 heterocycles. The third kappa shape index (κ3) is 4.72. The number of aromatic nitrogens is 2. The van der Waals surface area contributed by atoms with Crippen LogP contribution in [0.25, 0.3) is 0 Å². The zero-order chi connectivity index (χ0) is 15.3. The molecule has 2 rings (SSSR count). The highest BCUT2D eigenvalue weighted by Gasteiger charge is 2.24. The van der Waals surface area contributed by atoms with Gasteiger partial charge in [-0.1, -0.05) is 13.8 Å². The number of nitrogens with zero attached hydrogens (tertiary/aromatic N) is 3. The van der Waals surface area contributed by atoms with Gasteiger partial charge in [-0.3, -0.25) is 0 Å². The van der Waals surface area contributed by atoms with Crippen molar-refractivity contribution in [2.45, 2.75) is 38.5 Å². The molecule has 6 nitrogen and oxygen atoms in total. The lowest BCUT2D eigenvalue weighted by atomic mass is 10.1. The molecule has 1 aliphatic rings. The molecule has 0 atom stereocenters. The second-order valence-electron chi connectivity index (χ2n) is 5.65. The predicted octanol–water partition coefficient (Wildman–Crippen LogP) is 2.02. The van der Waals surface area contributed by atoms with E-state index in [1.54, 1.807) is 0 Å². The van der Waals surface area contributed by atoms with Crippen molar-refractivity contribution in [3.63, 3.8) is 0 Å². The van der Waals surface area contributed by atoms with Gasteiger partial charge in [-0.15, -0.1) is 0 Å². The molecule has 0 bridgehead atoms. The first-order valence-corrected chi connectivity index (χ1v) is 8.34. The van der Waals surface area contributed by atoms with Crippen molar-refractivity contribution in [2.75, 3.05) is 35.8 Å². The van der Waals surface area contributed by atoms with E-state index in [1.165, 1.54) is 0 Å². The Hall–Kier alpha value is -1.05. The summed E-state index contributed by atoms with van der Waals surface area (Å²) in [6, 6.07) is 1.90. The minimum Gasteiger partial charge on any atom is -0.374 e. The fraction of sp³-hybridized carbons (Fsp3) is 0.714. The zero-order valence-corrected chi connectivity index (χ0v) is 13.9. The van der Waals surface area contributed by atoms with Crippen LogP contribution in [0.5, 0.6) is 0 Å². The van der Waals surface area contributed by atoms with Gasteiger partial charge in [0.1, 0.15) is 18.2 Å². The predicted molar refractivity (Wildman–Crippen MR) is 88.5 cm³/mol. The summed E-state index contributed by atoms with van der Waals surface area (Å²) in [6.45, 7) is 9.60. The molecule has 3 N–H and O–H groups in total. The monoisotopic (exact) mass is 311 g/mol. The number of hydrazine groups is 1. The van der Waals surface area contributed by atoms with Crippen LogP contribution in [0, 0.1) is 0 Å². The van der Waals surface area contributed by atoms with Gasteiger partial charge < -0.3 is 15.1 Å². The number of hydrogen-bond donors (Lipinski definition) is 2. The molecule has 0 saturated carbocycles. The quantitative estimate of drug-likeness (QED) is 0.636. The van der Waals surface area contributed by atoms with Gasteiger partial charge in [0.15, 0.2) is 5.82 Å². The Kier molecular flexibility index (Phi) is 5.66. The molecule has 1 aromatic rings. The molecular weight excluding hydrogens is 286 g/mol. The number of ether oxygens (including phenoxy) is 1. The Morgan fingerprint density at radius 1 is 1.43 bits per heavy atom. The van der Waals surface area contributed by atoms with Gasteiger partial charge in [-0.2, -0.15) is 11.8 Å². The summed E-state index contributed by atoms with van der Waals surface area (Å²) in [5.41, 5.74) is 2.62. The molecule has 0 spiro atoms. The SMILES string of the molecule is CCOCc1nc(NN)cc(N2CCSC(C)(C)CC2)n1. The molecule has 0 unspecified atom stereocenters. The van der Waals surface area contributed by atoms with Crippen molar-refractivity contribution in [3.8, 4) is 0 Å². The number of thioether (sulfide) groups is 1. The van der Waals surface area contributed by atoms with Gasteiger partial charge >= 0.3 is 0 Å². The Morgan fingerprint density at radius 2 is 2.24 bits per heavy atom. The van der Waals surface area contributed by atoms with Crippen LogP contribution in [0.4, 0.5) is 11.6 Å². The summed E-state index contributed by atoms with van der Waals surface area (Å²) < 4.78 is 5.73. The highest BCUT2D eigenvalue weighted by atomic mass is 32.2. The topological polar surface area (TPSA) is 76.3 Å². The van der Waals surface area contributed by atoms with E-state index < -0.39 is 0 Å². The number of nitrogen functional groups attached to an aromatic ring is 1. The van der Waals surface area contributed by atoms with Crippen molar-refractivity contribution in [2.24, 2.45) is 5.84 Å². The number of nitrogens with one attached hydrogen (secondary N) is 1. The van der Waals surface area contributed by atoms with Crippen LogP contribution in [-0.2, 0) is 11.3 Å². The first-order valence-electron chi connectivity index (χ1n) is 7.35. The Labute approximate surface area is 130 Å². The lowest BCUT2D eigenvalue weighted by molar-refractivity contribution is 0.128. The summed E-state index contributed by atoms with van der Waals surface area (Å²) in [4.78, 5) is 11.3. The van der Waals surface area contributed by atoms with Gasteiger partial charge in [0.25, 0.3) is 0 Å². The van der Waals surface area contributed by atoms with Gasteiger partial charge in [-0.05, 0) is 13.3 Å². The summed E-state index contributed by atoms with van der Waals surface area (Å²) in [6.07, 6.45) is 1.13. The van der Waals surface area contributed by atoms with Gasteiger partial charge in [0, 0.05) is 36.3 Å². The van der Waals surface area contributed by atoms with Crippen molar-refractivity contribution in [1.82, 2.24) is 9.97 Å². The molecule has 21 heavy (non-hydrogen) atoms. The largest absolute Gasteiger partial charge is 0.374 e. The molecule has 0 radical (unpaired) electrons. The normalized spacial score (nSPS) is 18.4. The molecule has 1 saturated heterocycles. The third-order valence-corrected chi connectivity index (χ3v) is 4.88. The van der Waals surface area contributed by atoms with E-state index in [9.17, 15) is 0 Å². The van der Waals surface area contributed by atoms with Gasteiger partial charge in [0.05, 0.1) is 0 Å². The van der Waals surface area contributed by atoms with E-state index in [2.05, 4.69) is 34.1 Å². The molecule has 0 aliphatic carbocycles. The first-order chi connectivity index (χ1) is 10.0. The fourth-order valence-corrected chi connectivity index (χ4v) is 3.33. The standard InChI is InChI=1S/C14H25N5OS/c1-4-20-10-12-16-11(18-15)9-13(17-12)19-6-5-14(2,3)21-8-7-19/h9H,4-8,10,15H2,1-3H3,(H,16,17,18). The maximum atomic E-state index is 5.52. The van der Waals surface area contributed by atoms with Crippen LogP contribution in [-0.4, -0.2) is 40.2 Å². The maximum Gasteiger partial charge on any atom is 0.158 e. The van der Waals surface area contributed by atoms with E-state index in [-0.39, 0.29) is 0 Å². The van der Waals surface area contributed by atoms with E-state index in [1.807, 2.05) is 24.8 Å². The average molecular weight is 311 g/mol. The van der Waals surface area contributed by atoms with E-state index in [4.69, 9.17) is 10.6 Å². The number of rotatable bonds is 5. The van der Waals surface area contributed by atoms with Gasteiger partial charge in [0.2, 0.25) is 0 Å². The summed E-state index contributed by atoms with van der Waals surface area (Å²) in [7, 11) is 0. The van der Waals surface area contributed by atoms with Crippen molar-refractivity contribution in [3.05, 3.63) is 11.9 Å². The maximum absolute atomic E-state index is 5.52. The van der Waals surface area contributed by atoms with E-state index in [0.29, 0.717) is 29.6 Å². The molecule has 1 aromatic heterocycles. The smallest absolute Gasteiger partial charge is 0.158 e. The van der Waals surface area contributed by atoms with Crippen LogP contribution in [0.15, 0.2) is 6.07 Å². The first kappa shape index (κ1) is 16.3. The zero-order valence-electron chi connectivity index (χ0n) is 13.1. The molecule has 0 amide bonds. The summed E-state index contributed by atoms with van der Waals surface area (Å²) in [5, 5.41) is 0. The molecule has 0 aromatic carbocycles. The molecule has 118 valence electrons. The summed E-state index contributed by atoms with van der Waals surface area (Å²) in [5.74, 6) is 8.83. The fourth-order valence-electron chi connectivity index (χ4n) is 2.23. The lowest BCUT2D eigenvalue weighted by Crippen LogP contribution is -2.28. The molecular formula is C14H25N5OS. The van der Waals surface area contributed by atoms with Crippen LogP contribution in [0.2, 0.25) is 0 Å². The average Bonchev–Trinajstić information content (AvgIpc) is 2.65. The van der Waals surface area contributed by atoms with E-state index >= 15 is 0 Å². The lowest BCUT2D eigenvalue weighted by Gasteiger charge is -2.24. The van der Waals surface area contributed by atoms with Gasteiger partial charge in [-0.25, -0.2) is 15.8 Å². The van der Waals surface area contributed by atoms with Crippen LogP contribution in [0.3, 0.4) is 0 Å². The molecule has 7 heteroatoms. The molecule has 1 fully saturated rings. The second-order valence-corrected chi connectivity index (χ2v) is 7.46.